The first-order valence-electron chi connectivity index (χ1n) is 5.63. The molecule has 0 fully saturated rings. The number of aliphatic hydroxyl groups excluding tert-OH is 2. The number of nitro benzene ring substituents is 1. The maximum atomic E-state index is 13.7. The molecule has 110 valence electrons. The van der Waals surface area contributed by atoms with Gasteiger partial charge >= 0.3 is 0 Å². The van der Waals surface area contributed by atoms with Crippen molar-refractivity contribution in [2.75, 3.05) is 23.8 Å². The molecule has 0 bridgehead atoms. The Morgan fingerprint density at radius 3 is 2.65 bits per heavy atom. The van der Waals surface area contributed by atoms with Gasteiger partial charge in [0.15, 0.2) is 0 Å². The lowest BCUT2D eigenvalue weighted by Crippen LogP contribution is -2.23. The summed E-state index contributed by atoms with van der Waals surface area (Å²) in [6.07, 6.45) is -1.13. The predicted octanol–water partition coefficient (Wildman–Crippen LogP) is 0.457. The molecule has 0 saturated carbocycles. The Bertz CT molecular complexity index is 523. The Morgan fingerprint density at radius 1 is 1.50 bits per heavy atom. The van der Waals surface area contributed by atoms with E-state index < -0.39 is 35.0 Å². The van der Waals surface area contributed by atoms with E-state index in [-0.39, 0.29) is 17.9 Å². The summed E-state index contributed by atoms with van der Waals surface area (Å²) < 4.78 is 13.7. The molecule has 0 aliphatic heterocycles. The van der Waals surface area contributed by atoms with Gasteiger partial charge in [0, 0.05) is 25.6 Å². The molecule has 0 aliphatic rings. The van der Waals surface area contributed by atoms with Crippen molar-refractivity contribution in [1.29, 1.82) is 0 Å². The molecule has 20 heavy (non-hydrogen) atoms. The number of anilines is 2. The molecule has 1 amide bonds. The molecule has 0 heterocycles. The topological polar surface area (TPSA) is 125 Å². The third kappa shape index (κ3) is 4.14. The summed E-state index contributed by atoms with van der Waals surface area (Å²) in [4.78, 5) is 21.0. The van der Waals surface area contributed by atoms with Crippen LogP contribution in [0.4, 0.5) is 21.5 Å². The van der Waals surface area contributed by atoms with E-state index in [0.717, 1.165) is 19.1 Å². The van der Waals surface area contributed by atoms with Crippen molar-refractivity contribution in [3.8, 4) is 0 Å². The first kappa shape index (κ1) is 15.8. The van der Waals surface area contributed by atoms with Crippen LogP contribution in [0.25, 0.3) is 0 Å². The molecule has 1 unspecified atom stereocenters. The fraction of sp³-hybridized carbons (Fsp3) is 0.364. The molecule has 0 radical (unpaired) electrons. The second kappa shape index (κ2) is 6.78. The van der Waals surface area contributed by atoms with E-state index in [1.54, 1.807) is 0 Å². The fourth-order valence-electron chi connectivity index (χ4n) is 1.43. The third-order valence-corrected chi connectivity index (χ3v) is 2.33. The molecule has 0 aromatic heterocycles. The molecular weight excluding hydrogens is 273 g/mol. The molecule has 1 aromatic carbocycles. The zero-order chi connectivity index (χ0) is 15.3. The monoisotopic (exact) mass is 287 g/mol. The van der Waals surface area contributed by atoms with Crippen LogP contribution >= 0.6 is 0 Å². The summed E-state index contributed by atoms with van der Waals surface area (Å²) in [5, 5.41) is 33.3. The lowest BCUT2D eigenvalue weighted by Gasteiger charge is -2.12. The van der Waals surface area contributed by atoms with Crippen LogP contribution in [0.15, 0.2) is 12.1 Å². The summed E-state index contributed by atoms with van der Waals surface area (Å²) in [5.74, 6) is -1.42. The lowest BCUT2D eigenvalue weighted by molar-refractivity contribution is -0.383. The first-order chi connectivity index (χ1) is 9.35. The highest BCUT2D eigenvalue weighted by molar-refractivity contribution is 5.90. The van der Waals surface area contributed by atoms with E-state index >= 15 is 0 Å². The number of hydrogen-bond acceptors (Lipinski definition) is 6. The molecule has 0 saturated heterocycles. The fourth-order valence-corrected chi connectivity index (χ4v) is 1.43. The predicted molar refractivity (Wildman–Crippen MR) is 68.9 cm³/mol. The minimum absolute atomic E-state index is 0.158. The Hall–Kier alpha value is -2.26. The van der Waals surface area contributed by atoms with E-state index in [1.807, 2.05) is 0 Å². The van der Waals surface area contributed by atoms with Crippen LogP contribution < -0.4 is 10.6 Å². The number of rotatable bonds is 6. The van der Waals surface area contributed by atoms with Gasteiger partial charge in [0.2, 0.25) is 5.91 Å². The number of aliphatic hydroxyl groups is 2. The largest absolute Gasteiger partial charge is 0.394 e. The van der Waals surface area contributed by atoms with Crippen LogP contribution in [0.3, 0.4) is 0 Å². The number of carbonyl (C=O) groups excluding carboxylic acids is 1. The molecule has 4 N–H and O–H groups in total. The zero-order valence-corrected chi connectivity index (χ0v) is 10.6. The van der Waals surface area contributed by atoms with Crippen molar-refractivity contribution in [2.45, 2.75) is 13.0 Å². The van der Waals surface area contributed by atoms with Gasteiger partial charge < -0.3 is 20.8 Å². The number of benzene rings is 1. The van der Waals surface area contributed by atoms with Crippen LogP contribution in [0.2, 0.25) is 0 Å². The molecule has 1 atom stereocenters. The number of nitrogens with zero attached hydrogens (tertiary/aromatic N) is 1. The zero-order valence-electron chi connectivity index (χ0n) is 10.6. The molecular formula is C11H14FN3O5. The lowest BCUT2D eigenvalue weighted by atomic mass is 10.2. The minimum Gasteiger partial charge on any atom is -0.394 e. The first-order valence-corrected chi connectivity index (χ1v) is 5.63. The molecule has 0 aliphatic carbocycles. The van der Waals surface area contributed by atoms with Gasteiger partial charge in [-0.05, 0) is 0 Å². The molecule has 1 aromatic rings. The van der Waals surface area contributed by atoms with Crippen molar-refractivity contribution in [3.05, 3.63) is 28.1 Å². The summed E-state index contributed by atoms with van der Waals surface area (Å²) in [7, 11) is 0. The number of carbonyl (C=O) groups is 1. The van der Waals surface area contributed by atoms with Gasteiger partial charge in [0.05, 0.1) is 23.3 Å². The van der Waals surface area contributed by atoms with Crippen molar-refractivity contribution in [3.63, 3.8) is 0 Å². The van der Waals surface area contributed by atoms with Gasteiger partial charge in [0.1, 0.15) is 11.5 Å². The van der Waals surface area contributed by atoms with Gasteiger partial charge in [-0.15, -0.1) is 0 Å². The molecule has 8 nitrogen and oxygen atoms in total. The number of nitro groups is 1. The van der Waals surface area contributed by atoms with E-state index in [9.17, 15) is 19.3 Å². The van der Waals surface area contributed by atoms with Crippen molar-refractivity contribution in [1.82, 2.24) is 0 Å². The summed E-state index contributed by atoms with van der Waals surface area (Å²) in [6, 6.07) is 1.72. The van der Waals surface area contributed by atoms with Gasteiger partial charge in [0.25, 0.3) is 5.69 Å². The average molecular weight is 287 g/mol. The normalized spacial score (nSPS) is 11.8. The number of nitrogens with one attached hydrogen (secondary N) is 2. The van der Waals surface area contributed by atoms with Crippen LogP contribution in [-0.2, 0) is 4.79 Å². The second-order valence-corrected chi connectivity index (χ2v) is 4.00. The quantitative estimate of drug-likeness (QED) is 0.445. The van der Waals surface area contributed by atoms with Gasteiger partial charge in [-0.3, -0.25) is 14.9 Å². The standard InChI is InChI=1S/C11H14FN3O5/c1-6(17)14-9-3-11(15(19)20)10(2-8(9)12)13-4-7(18)5-16/h2-3,7,13,16,18H,4-5H2,1H3,(H,14,17). The molecule has 9 heteroatoms. The van der Waals surface area contributed by atoms with Gasteiger partial charge in [-0.2, -0.15) is 0 Å². The van der Waals surface area contributed by atoms with Crippen molar-refractivity contribution in [2.24, 2.45) is 0 Å². The molecule has 0 spiro atoms. The Morgan fingerprint density at radius 2 is 2.15 bits per heavy atom. The summed E-state index contributed by atoms with van der Waals surface area (Å²) in [5.41, 5.74) is -0.924. The number of hydrogen-bond donors (Lipinski definition) is 4. The van der Waals surface area contributed by atoms with E-state index in [2.05, 4.69) is 10.6 Å². The van der Waals surface area contributed by atoms with Gasteiger partial charge in [-0.1, -0.05) is 0 Å². The maximum Gasteiger partial charge on any atom is 0.294 e. The van der Waals surface area contributed by atoms with Crippen LogP contribution in [0.1, 0.15) is 6.92 Å². The highest BCUT2D eigenvalue weighted by Crippen LogP contribution is 2.30. The minimum atomic E-state index is -1.13. The van der Waals surface area contributed by atoms with Crippen molar-refractivity contribution >= 4 is 23.0 Å². The van der Waals surface area contributed by atoms with Crippen molar-refractivity contribution < 1.29 is 24.3 Å². The Balaban J connectivity index is 3.07. The smallest absolute Gasteiger partial charge is 0.294 e. The van der Waals surface area contributed by atoms with Crippen LogP contribution in [0.5, 0.6) is 0 Å². The van der Waals surface area contributed by atoms with E-state index in [1.165, 1.54) is 0 Å². The van der Waals surface area contributed by atoms with Crippen LogP contribution in [-0.4, -0.2) is 40.3 Å². The Labute approximate surface area is 113 Å². The second-order valence-electron chi connectivity index (χ2n) is 4.00. The number of amides is 1. The van der Waals surface area contributed by atoms with E-state index in [0.29, 0.717) is 0 Å². The summed E-state index contributed by atoms with van der Waals surface area (Å²) in [6.45, 7) is 0.429. The number of halogens is 1. The highest BCUT2D eigenvalue weighted by Gasteiger charge is 2.19. The third-order valence-electron chi connectivity index (χ3n) is 2.33. The van der Waals surface area contributed by atoms with Crippen LogP contribution in [0, 0.1) is 15.9 Å². The highest BCUT2D eigenvalue weighted by atomic mass is 19.1. The maximum absolute atomic E-state index is 13.7. The summed E-state index contributed by atoms with van der Waals surface area (Å²) >= 11 is 0. The van der Waals surface area contributed by atoms with Gasteiger partial charge in [-0.25, -0.2) is 4.39 Å². The average Bonchev–Trinajstić information content (AvgIpc) is 2.37. The SMILES string of the molecule is CC(=O)Nc1cc([N+](=O)[O-])c(NCC(O)CO)cc1F. The molecule has 1 rings (SSSR count). The van der Waals surface area contributed by atoms with E-state index in [4.69, 9.17) is 10.2 Å². The Kier molecular flexibility index (Phi) is 5.35.